The minimum atomic E-state index is -0.555. The van der Waals surface area contributed by atoms with Crippen molar-refractivity contribution >= 4 is 28.9 Å². The number of aromatic nitrogens is 3. The summed E-state index contributed by atoms with van der Waals surface area (Å²) in [5.74, 6) is 1.31. The smallest absolute Gasteiger partial charge is 0.407 e. The third kappa shape index (κ3) is 5.20. The van der Waals surface area contributed by atoms with Gasteiger partial charge in [-0.05, 0) is 39.2 Å². The average Bonchev–Trinajstić information content (AvgIpc) is 3.15. The molecule has 164 valence electrons. The maximum Gasteiger partial charge on any atom is 0.407 e. The summed E-state index contributed by atoms with van der Waals surface area (Å²) in [5.41, 5.74) is 0.248. The summed E-state index contributed by atoms with van der Waals surface area (Å²) in [6.07, 6.45) is 4.08. The lowest BCUT2D eigenvalue weighted by atomic mass is 9.92. The second-order valence-corrected chi connectivity index (χ2v) is 8.90. The number of likely N-dealkylation sites (N-methyl/N-ethyl adjacent to an activating group) is 1. The molecule has 0 unspecified atom stereocenters. The van der Waals surface area contributed by atoms with E-state index < -0.39 is 11.7 Å². The molecular weight excluding hydrogens is 384 g/mol. The number of nitrogens with one attached hydrogen (secondary N) is 2. The molecule has 1 aliphatic heterocycles. The number of rotatable bonds is 5. The fraction of sp³-hybridized carbons (Fsp3) is 0.619. The van der Waals surface area contributed by atoms with Crippen LogP contribution in [-0.2, 0) is 9.53 Å². The molecule has 2 aromatic heterocycles. The molecule has 0 aromatic carbocycles. The fourth-order valence-electron chi connectivity index (χ4n) is 3.82. The van der Waals surface area contributed by atoms with E-state index >= 15 is 0 Å². The number of amides is 2. The Balaban J connectivity index is 1.59. The Bertz CT molecular complexity index is 890. The molecule has 2 atom stereocenters. The van der Waals surface area contributed by atoms with Crippen LogP contribution in [0.4, 0.5) is 10.6 Å². The largest absolute Gasteiger partial charge is 0.444 e. The molecule has 1 saturated heterocycles. The zero-order chi connectivity index (χ0) is 21.9. The van der Waals surface area contributed by atoms with E-state index in [4.69, 9.17) is 4.74 Å². The molecule has 2 N–H and O–H groups in total. The van der Waals surface area contributed by atoms with Crippen LogP contribution in [0.1, 0.15) is 40.5 Å². The summed E-state index contributed by atoms with van der Waals surface area (Å²) in [7, 11) is 2.02. The van der Waals surface area contributed by atoms with Crippen LogP contribution in [-0.4, -0.2) is 70.2 Å². The van der Waals surface area contributed by atoms with Gasteiger partial charge in [0.1, 0.15) is 23.4 Å². The van der Waals surface area contributed by atoms with Gasteiger partial charge in [0.05, 0.1) is 11.4 Å². The highest BCUT2D eigenvalue weighted by Crippen LogP contribution is 2.28. The van der Waals surface area contributed by atoms with Gasteiger partial charge >= 0.3 is 6.09 Å². The molecule has 0 saturated carbocycles. The van der Waals surface area contributed by atoms with Crippen molar-refractivity contribution in [1.82, 2.24) is 25.2 Å². The molecule has 0 bridgehead atoms. The number of carbonyl (C=O) groups excluding carboxylic acids is 2. The predicted molar refractivity (Wildman–Crippen MR) is 115 cm³/mol. The average molecular weight is 417 g/mol. The highest BCUT2D eigenvalue weighted by molar-refractivity contribution is 5.87. The minimum absolute atomic E-state index is 0.0332. The molecule has 3 heterocycles. The van der Waals surface area contributed by atoms with E-state index in [0.717, 1.165) is 29.8 Å². The number of piperidine rings is 1. The molecule has 1 fully saturated rings. The van der Waals surface area contributed by atoms with Crippen molar-refractivity contribution in [2.75, 3.05) is 31.6 Å². The lowest BCUT2D eigenvalue weighted by molar-refractivity contribution is -0.132. The SMILES string of the molecule is C[C@@H]1CCN(C(=O)CCNC(=O)OC(C)(C)C)C[C@@H]1N(C)c1ncnc2[nH]ccc12. The van der Waals surface area contributed by atoms with Gasteiger partial charge < -0.3 is 24.8 Å². The van der Waals surface area contributed by atoms with Gasteiger partial charge in [0.25, 0.3) is 0 Å². The highest BCUT2D eigenvalue weighted by atomic mass is 16.6. The van der Waals surface area contributed by atoms with Gasteiger partial charge in [-0.15, -0.1) is 0 Å². The van der Waals surface area contributed by atoms with Crippen LogP contribution >= 0.6 is 0 Å². The van der Waals surface area contributed by atoms with Crippen LogP contribution in [0, 0.1) is 5.92 Å². The summed E-state index contributed by atoms with van der Waals surface area (Å²) >= 11 is 0. The number of alkyl carbamates (subject to hydrolysis) is 1. The number of hydrogen-bond donors (Lipinski definition) is 2. The number of nitrogens with zero attached hydrogens (tertiary/aromatic N) is 4. The third-order valence-electron chi connectivity index (χ3n) is 5.44. The number of ether oxygens (including phenoxy) is 1. The summed E-state index contributed by atoms with van der Waals surface area (Å²) in [6.45, 7) is 9.24. The number of hydrogen-bond acceptors (Lipinski definition) is 6. The zero-order valence-corrected chi connectivity index (χ0v) is 18.4. The standard InChI is InChI=1S/C21H32N6O3/c1-14-8-11-27(17(28)7-10-23-20(29)30-21(2,3)4)12-16(14)26(5)19-15-6-9-22-18(15)24-13-25-19/h6,9,13-14,16H,7-8,10-12H2,1-5H3,(H,23,29)(H,22,24,25)/t14-,16+/m1/s1. The molecule has 0 spiro atoms. The molecule has 9 nitrogen and oxygen atoms in total. The van der Waals surface area contributed by atoms with Crippen molar-refractivity contribution in [3.63, 3.8) is 0 Å². The highest BCUT2D eigenvalue weighted by Gasteiger charge is 2.32. The Morgan fingerprint density at radius 2 is 2.13 bits per heavy atom. The first-order valence-corrected chi connectivity index (χ1v) is 10.4. The fourth-order valence-corrected chi connectivity index (χ4v) is 3.82. The van der Waals surface area contributed by atoms with Gasteiger partial charge in [-0.2, -0.15) is 0 Å². The number of anilines is 1. The Hall–Kier alpha value is -2.84. The molecule has 9 heteroatoms. The van der Waals surface area contributed by atoms with E-state index in [0.29, 0.717) is 12.5 Å². The van der Waals surface area contributed by atoms with Crippen molar-refractivity contribution in [2.45, 2.75) is 52.2 Å². The van der Waals surface area contributed by atoms with E-state index in [1.165, 1.54) is 0 Å². The van der Waals surface area contributed by atoms with Crippen LogP contribution in [0.3, 0.4) is 0 Å². The third-order valence-corrected chi connectivity index (χ3v) is 5.44. The van der Waals surface area contributed by atoms with Crippen LogP contribution < -0.4 is 10.2 Å². The van der Waals surface area contributed by atoms with Gasteiger partial charge in [-0.1, -0.05) is 6.92 Å². The molecule has 1 aliphatic rings. The first-order chi connectivity index (χ1) is 14.2. The number of carbonyl (C=O) groups is 2. The quantitative estimate of drug-likeness (QED) is 0.776. The van der Waals surface area contributed by atoms with Gasteiger partial charge in [0.15, 0.2) is 0 Å². The van der Waals surface area contributed by atoms with Crippen molar-refractivity contribution < 1.29 is 14.3 Å². The molecule has 3 rings (SSSR count). The lowest BCUT2D eigenvalue weighted by Gasteiger charge is -2.42. The van der Waals surface area contributed by atoms with Gasteiger partial charge in [0.2, 0.25) is 5.91 Å². The summed E-state index contributed by atoms with van der Waals surface area (Å²) < 4.78 is 5.21. The van der Waals surface area contributed by atoms with Crippen molar-refractivity contribution in [3.8, 4) is 0 Å². The maximum absolute atomic E-state index is 12.7. The van der Waals surface area contributed by atoms with Gasteiger partial charge in [0, 0.05) is 39.3 Å². The summed E-state index contributed by atoms with van der Waals surface area (Å²) in [6, 6.07) is 2.12. The first-order valence-electron chi connectivity index (χ1n) is 10.4. The minimum Gasteiger partial charge on any atom is -0.444 e. The summed E-state index contributed by atoms with van der Waals surface area (Å²) in [5, 5.41) is 3.63. The molecular formula is C21H32N6O3. The topological polar surface area (TPSA) is 103 Å². The zero-order valence-electron chi connectivity index (χ0n) is 18.4. The molecule has 0 aliphatic carbocycles. The molecule has 0 radical (unpaired) electrons. The normalized spacial score (nSPS) is 19.6. The summed E-state index contributed by atoms with van der Waals surface area (Å²) in [4.78, 5) is 40.4. The van der Waals surface area contributed by atoms with E-state index in [1.807, 2.05) is 45.0 Å². The van der Waals surface area contributed by atoms with Crippen LogP contribution in [0.5, 0.6) is 0 Å². The Labute approximate surface area is 177 Å². The van der Waals surface area contributed by atoms with Crippen molar-refractivity contribution in [2.24, 2.45) is 5.92 Å². The van der Waals surface area contributed by atoms with Gasteiger partial charge in [-0.3, -0.25) is 4.79 Å². The Morgan fingerprint density at radius 3 is 2.87 bits per heavy atom. The Kier molecular flexibility index (Phi) is 6.48. The van der Waals surface area contributed by atoms with Crippen molar-refractivity contribution in [3.05, 3.63) is 18.6 Å². The number of H-pyrrole nitrogens is 1. The van der Waals surface area contributed by atoms with Gasteiger partial charge in [-0.25, -0.2) is 14.8 Å². The predicted octanol–water partition coefficient (Wildman–Crippen LogP) is 2.55. The molecule has 2 amide bonds. The number of aromatic amines is 1. The van der Waals surface area contributed by atoms with E-state index in [-0.39, 0.29) is 24.9 Å². The second kappa shape index (κ2) is 8.89. The Morgan fingerprint density at radius 1 is 1.37 bits per heavy atom. The second-order valence-electron chi connectivity index (χ2n) is 8.90. The van der Waals surface area contributed by atoms with Crippen LogP contribution in [0.25, 0.3) is 11.0 Å². The molecule has 30 heavy (non-hydrogen) atoms. The van der Waals surface area contributed by atoms with E-state index in [2.05, 4.69) is 32.1 Å². The van der Waals surface area contributed by atoms with E-state index in [1.54, 1.807) is 6.33 Å². The lowest BCUT2D eigenvalue weighted by Crippen LogP contribution is -2.53. The van der Waals surface area contributed by atoms with Crippen LogP contribution in [0.15, 0.2) is 18.6 Å². The molecule has 2 aromatic rings. The number of likely N-dealkylation sites (tertiary alicyclic amines) is 1. The maximum atomic E-state index is 12.7. The monoisotopic (exact) mass is 416 g/mol. The first kappa shape index (κ1) is 21.9. The van der Waals surface area contributed by atoms with Crippen molar-refractivity contribution in [1.29, 1.82) is 0 Å². The number of fused-ring (bicyclic) bond motifs is 1. The van der Waals surface area contributed by atoms with E-state index in [9.17, 15) is 9.59 Å². The van der Waals surface area contributed by atoms with Crippen LogP contribution in [0.2, 0.25) is 0 Å².